The second-order valence-electron chi connectivity index (χ2n) is 4.65. The second-order valence-corrected chi connectivity index (χ2v) is 7.39. The number of hydrogen-bond acceptors (Lipinski definition) is 2. The molecule has 1 rings (SSSR count). The molecule has 84 valence electrons. The predicted molar refractivity (Wildman–Crippen MR) is 60.2 cm³/mol. The molecule has 1 atom stereocenters. The van der Waals surface area contributed by atoms with Crippen LogP contribution in [0, 0.1) is 0 Å². The molecule has 0 aliphatic heterocycles. The quantitative estimate of drug-likeness (QED) is 0.687. The van der Waals surface area contributed by atoms with E-state index in [2.05, 4.69) is 6.92 Å². The van der Waals surface area contributed by atoms with Gasteiger partial charge in [0, 0.05) is 0 Å². The lowest BCUT2D eigenvalue weighted by Gasteiger charge is -2.28. The van der Waals surface area contributed by atoms with Crippen molar-refractivity contribution in [1.29, 1.82) is 0 Å². The van der Waals surface area contributed by atoms with Gasteiger partial charge in [-0.2, -0.15) is 0 Å². The molecule has 0 aromatic heterocycles. The first-order valence-electron chi connectivity index (χ1n) is 5.71. The maximum absolute atomic E-state index is 12.2. The van der Waals surface area contributed by atoms with Crippen molar-refractivity contribution in [2.24, 2.45) is 0 Å². The molecule has 1 fully saturated rings. The number of rotatable bonds is 6. The van der Waals surface area contributed by atoms with Crippen LogP contribution in [-0.2, 0) is 9.84 Å². The van der Waals surface area contributed by atoms with Crippen LogP contribution in [0.2, 0.25) is 0 Å². The Balaban J connectivity index is 2.76. The predicted octanol–water partition coefficient (Wildman–Crippen LogP) is 2.92. The van der Waals surface area contributed by atoms with Gasteiger partial charge in [0.25, 0.3) is 0 Å². The standard InChI is InChI=1S/C11H22O2S/c1-4-6-9-11(3,5-2)14(12,13)10-7-8-10/h10H,4-9H2,1-3H3. The molecule has 1 aliphatic carbocycles. The third-order valence-corrected chi connectivity index (χ3v) is 6.67. The van der Waals surface area contributed by atoms with Gasteiger partial charge in [-0.3, -0.25) is 0 Å². The number of unbranched alkanes of at least 4 members (excludes halogenated alkanes) is 1. The van der Waals surface area contributed by atoms with Crippen LogP contribution in [0.4, 0.5) is 0 Å². The van der Waals surface area contributed by atoms with E-state index in [-0.39, 0.29) is 5.25 Å². The molecule has 3 heteroatoms. The third kappa shape index (κ3) is 2.13. The lowest BCUT2D eigenvalue weighted by Crippen LogP contribution is -2.37. The molecule has 0 N–H and O–H groups in total. The van der Waals surface area contributed by atoms with Crippen molar-refractivity contribution in [1.82, 2.24) is 0 Å². The third-order valence-electron chi connectivity index (χ3n) is 3.46. The summed E-state index contributed by atoms with van der Waals surface area (Å²) in [7, 11) is -2.85. The lowest BCUT2D eigenvalue weighted by atomic mass is 10.0. The van der Waals surface area contributed by atoms with Gasteiger partial charge in [-0.25, -0.2) is 8.42 Å². The Labute approximate surface area is 88.0 Å². The molecular weight excluding hydrogens is 196 g/mol. The summed E-state index contributed by atoms with van der Waals surface area (Å²) >= 11 is 0. The van der Waals surface area contributed by atoms with Crippen molar-refractivity contribution in [3.05, 3.63) is 0 Å². The van der Waals surface area contributed by atoms with Gasteiger partial charge < -0.3 is 0 Å². The summed E-state index contributed by atoms with van der Waals surface area (Å²) in [6.07, 6.45) is 5.48. The highest BCUT2D eigenvalue weighted by atomic mass is 32.2. The molecule has 0 heterocycles. The molecule has 1 aliphatic rings. The average molecular weight is 218 g/mol. The molecule has 0 aromatic rings. The monoisotopic (exact) mass is 218 g/mol. The van der Waals surface area contributed by atoms with Crippen molar-refractivity contribution < 1.29 is 8.42 Å². The highest BCUT2D eigenvalue weighted by Crippen LogP contribution is 2.40. The number of hydrogen-bond donors (Lipinski definition) is 0. The molecule has 1 saturated carbocycles. The van der Waals surface area contributed by atoms with E-state index in [4.69, 9.17) is 0 Å². The summed E-state index contributed by atoms with van der Waals surface area (Å²) in [6.45, 7) is 6.03. The summed E-state index contributed by atoms with van der Waals surface area (Å²) < 4.78 is 23.8. The summed E-state index contributed by atoms with van der Waals surface area (Å²) in [6, 6.07) is 0. The van der Waals surface area contributed by atoms with E-state index < -0.39 is 14.6 Å². The smallest absolute Gasteiger partial charge is 0.158 e. The van der Waals surface area contributed by atoms with Gasteiger partial charge in [0.2, 0.25) is 0 Å². The Morgan fingerprint density at radius 3 is 2.21 bits per heavy atom. The van der Waals surface area contributed by atoms with Crippen LogP contribution >= 0.6 is 0 Å². The fraction of sp³-hybridized carbons (Fsp3) is 1.00. The van der Waals surface area contributed by atoms with E-state index in [9.17, 15) is 8.42 Å². The minimum atomic E-state index is -2.85. The lowest BCUT2D eigenvalue weighted by molar-refractivity contribution is 0.477. The Morgan fingerprint density at radius 2 is 1.86 bits per heavy atom. The normalized spacial score (nSPS) is 21.9. The molecule has 0 saturated heterocycles. The molecule has 0 spiro atoms. The summed E-state index contributed by atoms with van der Waals surface area (Å²) in [5.41, 5.74) is 0. The van der Waals surface area contributed by atoms with Gasteiger partial charge in [0.15, 0.2) is 9.84 Å². The van der Waals surface area contributed by atoms with Crippen LogP contribution in [0.1, 0.15) is 59.3 Å². The summed E-state index contributed by atoms with van der Waals surface area (Å²) in [4.78, 5) is 0. The maximum Gasteiger partial charge on any atom is 0.158 e. The SMILES string of the molecule is CCCCC(C)(CC)S(=O)(=O)C1CC1. The van der Waals surface area contributed by atoms with Crippen LogP contribution in [-0.4, -0.2) is 18.4 Å². The van der Waals surface area contributed by atoms with E-state index in [0.29, 0.717) is 0 Å². The zero-order chi connectivity index (χ0) is 10.8. The summed E-state index contributed by atoms with van der Waals surface area (Å²) in [5, 5.41) is -0.00990. The first kappa shape index (κ1) is 12.0. The van der Waals surface area contributed by atoms with Crippen molar-refractivity contribution in [2.75, 3.05) is 0 Å². The summed E-state index contributed by atoms with van der Waals surface area (Å²) in [5.74, 6) is 0. The first-order valence-corrected chi connectivity index (χ1v) is 7.26. The molecule has 1 unspecified atom stereocenters. The highest BCUT2D eigenvalue weighted by molar-refractivity contribution is 7.93. The molecule has 2 nitrogen and oxygen atoms in total. The van der Waals surface area contributed by atoms with E-state index in [1.807, 2.05) is 13.8 Å². The van der Waals surface area contributed by atoms with Crippen LogP contribution in [0.25, 0.3) is 0 Å². The molecule has 0 aromatic carbocycles. The maximum atomic E-state index is 12.2. The zero-order valence-electron chi connectivity index (χ0n) is 9.54. The molecule has 14 heavy (non-hydrogen) atoms. The van der Waals surface area contributed by atoms with Crippen molar-refractivity contribution in [2.45, 2.75) is 69.3 Å². The van der Waals surface area contributed by atoms with Gasteiger partial charge in [0.1, 0.15) is 0 Å². The topological polar surface area (TPSA) is 34.1 Å². The van der Waals surface area contributed by atoms with E-state index in [1.54, 1.807) is 0 Å². The Hall–Kier alpha value is -0.0500. The van der Waals surface area contributed by atoms with Crippen LogP contribution in [0.15, 0.2) is 0 Å². The highest BCUT2D eigenvalue weighted by Gasteiger charge is 2.47. The molecule has 0 amide bonds. The first-order chi connectivity index (χ1) is 6.48. The zero-order valence-corrected chi connectivity index (χ0v) is 10.4. The van der Waals surface area contributed by atoms with Crippen LogP contribution < -0.4 is 0 Å². The average Bonchev–Trinajstić information content (AvgIpc) is 2.96. The van der Waals surface area contributed by atoms with Crippen molar-refractivity contribution in [3.63, 3.8) is 0 Å². The molecular formula is C11H22O2S. The van der Waals surface area contributed by atoms with Crippen LogP contribution in [0.5, 0.6) is 0 Å². The van der Waals surface area contributed by atoms with E-state index in [0.717, 1.165) is 38.5 Å². The minimum Gasteiger partial charge on any atom is -0.228 e. The van der Waals surface area contributed by atoms with E-state index >= 15 is 0 Å². The van der Waals surface area contributed by atoms with Crippen molar-refractivity contribution in [3.8, 4) is 0 Å². The largest absolute Gasteiger partial charge is 0.228 e. The Kier molecular flexibility index (Phi) is 3.62. The van der Waals surface area contributed by atoms with Crippen molar-refractivity contribution >= 4 is 9.84 Å². The van der Waals surface area contributed by atoms with Gasteiger partial charge in [0.05, 0.1) is 10.00 Å². The van der Waals surface area contributed by atoms with Gasteiger partial charge in [-0.05, 0) is 32.6 Å². The second kappa shape index (κ2) is 4.21. The molecule has 0 bridgehead atoms. The van der Waals surface area contributed by atoms with Gasteiger partial charge in [-0.15, -0.1) is 0 Å². The Bertz CT molecular complexity index is 278. The van der Waals surface area contributed by atoms with Gasteiger partial charge in [-0.1, -0.05) is 26.7 Å². The fourth-order valence-electron chi connectivity index (χ4n) is 1.85. The van der Waals surface area contributed by atoms with E-state index in [1.165, 1.54) is 0 Å². The number of sulfone groups is 1. The minimum absolute atomic E-state index is 0.00990. The molecule has 0 radical (unpaired) electrons. The fourth-order valence-corrected chi connectivity index (χ4v) is 4.24. The Morgan fingerprint density at radius 1 is 1.29 bits per heavy atom. The van der Waals surface area contributed by atoms with Crippen LogP contribution in [0.3, 0.4) is 0 Å². The van der Waals surface area contributed by atoms with Gasteiger partial charge >= 0.3 is 0 Å².